The van der Waals surface area contributed by atoms with Crippen LogP contribution in [-0.4, -0.2) is 41.9 Å². The molecule has 6 amide bonds. The van der Waals surface area contributed by atoms with Crippen LogP contribution in [0.25, 0.3) is 0 Å². The largest absolute Gasteiger partial charge is 0.338 e. The molecule has 0 radical (unpaired) electrons. The fourth-order valence-electron chi connectivity index (χ4n) is 2.33. The summed E-state index contributed by atoms with van der Waals surface area (Å²) >= 11 is 5.83. The lowest BCUT2D eigenvalue weighted by atomic mass is 9.92. The number of benzene rings is 1. The molecule has 0 spiro atoms. The van der Waals surface area contributed by atoms with Gasteiger partial charge in [-0.25, -0.2) is 9.59 Å². The molecule has 0 unspecified atom stereocenters. The first-order valence-electron chi connectivity index (χ1n) is 7.25. The summed E-state index contributed by atoms with van der Waals surface area (Å²) in [5.74, 6) is -1.34. The molecule has 1 aliphatic rings. The molecule has 2 rings (SSSR count). The van der Waals surface area contributed by atoms with Crippen molar-refractivity contribution < 1.29 is 19.2 Å². The Morgan fingerprint density at radius 1 is 1.25 bits per heavy atom. The van der Waals surface area contributed by atoms with E-state index in [1.54, 1.807) is 31.2 Å². The van der Waals surface area contributed by atoms with Crippen molar-refractivity contribution in [3.63, 3.8) is 0 Å². The molecule has 24 heavy (non-hydrogen) atoms. The number of nitrogens with one attached hydrogen (secondary N) is 3. The zero-order chi connectivity index (χ0) is 17.9. The van der Waals surface area contributed by atoms with E-state index >= 15 is 0 Å². The van der Waals surface area contributed by atoms with Gasteiger partial charge in [0.1, 0.15) is 12.1 Å². The van der Waals surface area contributed by atoms with Gasteiger partial charge >= 0.3 is 12.1 Å². The zero-order valence-electron chi connectivity index (χ0n) is 13.2. The summed E-state index contributed by atoms with van der Waals surface area (Å²) in [6.45, 7) is 3.03. The number of imide groups is 2. The Hall–Kier alpha value is -2.61. The Morgan fingerprint density at radius 2 is 1.88 bits per heavy atom. The molecule has 1 atom stereocenters. The van der Waals surface area contributed by atoms with Gasteiger partial charge < -0.3 is 10.6 Å². The molecule has 1 aliphatic heterocycles. The van der Waals surface area contributed by atoms with E-state index in [1.165, 1.54) is 6.92 Å². The summed E-state index contributed by atoms with van der Waals surface area (Å²) in [5.41, 5.74) is -0.759. The van der Waals surface area contributed by atoms with E-state index in [1.807, 2.05) is 5.32 Å². The van der Waals surface area contributed by atoms with Gasteiger partial charge in [-0.05, 0) is 31.5 Å². The van der Waals surface area contributed by atoms with Crippen LogP contribution in [0.5, 0.6) is 0 Å². The summed E-state index contributed by atoms with van der Waals surface area (Å²) in [5, 5.41) is 7.49. The summed E-state index contributed by atoms with van der Waals surface area (Å²) in [4.78, 5) is 48.6. The highest BCUT2D eigenvalue weighted by Gasteiger charge is 2.49. The average molecular weight is 353 g/mol. The summed E-state index contributed by atoms with van der Waals surface area (Å²) in [6, 6.07) is 5.06. The molecule has 0 aliphatic carbocycles. The van der Waals surface area contributed by atoms with Crippen LogP contribution >= 0.6 is 11.6 Å². The Morgan fingerprint density at radius 3 is 2.46 bits per heavy atom. The van der Waals surface area contributed by atoms with Gasteiger partial charge in [0.05, 0.1) is 0 Å². The number of rotatable bonds is 4. The van der Waals surface area contributed by atoms with Crippen LogP contribution in [0, 0.1) is 0 Å². The van der Waals surface area contributed by atoms with Crippen LogP contribution in [-0.2, 0) is 15.1 Å². The Balaban J connectivity index is 2.12. The van der Waals surface area contributed by atoms with Gasteiger partial charge in [-0.3, -0.25) is 19.8 Å². The van der Waals surface area contributed by atoms with Crippen LogP contribution in [0.15, 0.2) is 24.3 Å². The summed E-state index contributed by atoms with van der Waals surface area (Å²) < 4.78 is 0. The number of carbonyl (C=O) groups excluding carboxylic acids is 4. The van der Waals surface area contributed by atoms with Gasteiger partial charge in [-0.1, -0.05) is 23.7 Å². The minimum atomic E-state index is -1.30. The highest BCUT2D eigenvalue weighted by molar-refractivity contribution is 6.30. The normalized spacial score (nSPS) is 19.9. The van der Waals surface area contributed by atoms with E-state index < -0.39 is 36.0 Å². The van der Waals surface area contributed by atoms with Crippen molar-refractivity contribution in [1.29, 1.82) is 0 Å². The van der Waals surface area contributed by atoms with E-state index in [0.717, 1.165) is 4.90 Å². The van der Waals surface area contributed by atoms with Crippen LogP contribution in [0.4, 0.5) is 9.59 Å². The van der Waals surface area contributed by atoms with Gasteiger partial charge in [0.15, 0.2) is 0 Å². The second-order valence-corrected chi connectivity index (χ2v) is 5.80. The molecule has 1 heterocycles. The number of urea groups is 2. The molecule has 8 nitrogen and oxygen atoms in total. The number of halogens is 1. The molecule has 9 heteroatoms. The molecule has 1 aromatic rings. The van der Waals surface area contributed by atoms with Gasteiger partial charge in [-0.15, -0.1) is 0 Å². The lowest BCUT2D eigenvalue weighted by Crippen LogP contribution is -2.46. The molecular formula is C15H17ClN4O4. The van der Waals surface area contributed by atoms with Crippen LogP contribution < -0.4 is 16.0 Å². The van der Waals surface area contributed by atoms with Gasteiger partial charge in [-0.2, -0.15) is 0 Å². The van der Waals surface area contributed by atoms with Crippen LogP contribution in [0.1, 0.15) is 19.4 Å². The lowest BCUT2D eigenvalue weighted by Gasteiger charge is -2.22. The fourth-order valence-corrected chi connectivity index (χ4v) is 2.46. The Labute approximate surface area is 143 Å². The summed E-state index contributed by atoms with van der Waals surface area (Å²) in [7, 11) is 0. The fraction of sp³-hybridized carbons (Fsp3) is 0.333. The number of hydrogen-bond donors (Lipinski definition) is 3. The third-order valence-electron chi connectivity index (χ3n) is 3.59. The zero-order valence-corrected chi connectivity index (χ0v) is 13.9. The van der Waals surface area contributed by atoms with Crippen LogP contribution in [0.3, 0.4) is 0 Å². The quantitative estimate of drug-likeness (QED) is 0.701. The lowest BCUT2D eigenvalue weighted by molar-refractivity contribution is -0.134. The van der Waals surface area contributed by atoms with E-state index in [-0.39, 0.29) is 0 Å². The second-order valence-electron chi connectivity index (χ2n) is 5.36. The molecular weight excluding hydrogens is 336 g/mol. The maximum atomic E-state index is 12.6. The minimum absolute atomic E-state index is 0.344. The monoisotopic (exact) mass is 352 g/mol. The Kier molecular flexibility index (Phi) is 5.08. The van der Waals surface area contributed by atoms with E-state index in [2.05, 4.69) is 10.6 Å². The smallest absolute Gasteiger partial charge is 0.325 e. The SMILES string of the molecule is CCNC(=O)NC(=O)CN1C(=O)N[C@](C)(c2ccc(Cl)cc2)C1=O. The molecule has 0 bridgehead atoms. The highest BCUT2D eigenvalue weighted by atomic mass is 35.5. The molecule has 3 N–H and O–H groups in total. The number of nitrogens with zero attached hydrogens (tertiary/aromatic N) is 1. The molecule has 0 saturated carbocycles. The third-order valence-corrected chi connectivity index (χ3v) is 3.84. The third kappa shape index (κ3) is 3.48. The topological polar surface area (TPSA) is 108 Å². The van der Waals surface area contributed by atoms with Crippen molar-refractivity contribution in [1.82, 2.24) is 20.9 Å². The number of hydrogen-bond acceptors (Lipinski definition) is 4. The standard InChI is InChI=1S/C15H17ClN4O4/c1-3-17-13(23)18-11(21)8-20-12(22)15(2,19-14(20)24)9-4-6-10(16)7-5-9/h4-7H,3,8H2,1-2H3,(H,19,24)(H2,17,18,21,23)/t15-/m1/s1. The molecule has 128 valence electrons. The van der Waals surface area contributed by atoms with E-state index in [9.17, 15) is 19.2 Å². The predicted molar refractivity (Wildman–Crippen MR) is 86.3 cm³/mol. The van der Waals surface area contributed by atoms with Crippen LogP contribution in [0.2, 0.25) is 5.02 Å². The molecule has 1 fully saturated rings. The number of carbonyl (C=O) groups is 4. The Bertz CT molecular complexity index is 691. The van der Waals surface area contributed by atoms with E-state index in [4.69, 9.17) is 11.6 Å². The van der Waals surface area contributed by atoms with Crippen molar-refractivity contribution >= 4 is 35.5 Å². The van der Waals surface area contributed by atoms with Gasteiger partial charge in [0.2, 0.25) is 5.91 Å². The van der Waals surface area contributed by atoms with Crippen molar-refractivity contribution in [3.8, 4) is 0 Å². The van der Waals surface area contributed by atoms with Crippen molar-refractivity contribution in [2.75, 3.05) is 13.1 Å². The maximum Gasteiger partial charge on any atom is 0.325 e. The minimum Gasteiger partial charge on any atom is -0.338 e. The first-order chi connectivity index (χ1) is 11.3. The second kappa shape index (κ2) is 6.88. The molecule has 1 aromatic carbocycles. The van der Waals surface area contributed by atoms with Gasteiger partial charge in [0.25, 0.3) is 5.91 Å². The first-order valence-corrected chi connectivity index (χ1v) is 7.63. The average Bonchev–Trinajstić information content (AvgIpc) is 2.72. The molecule has 0 aromatic heterocycles. The maximum absolute atomic E-state index is 12.6. The van der Waals surface area contributed by atoms with Crippen molar-refractivity contribution in [2.45, 2.75) is 19.4 Å². The first kappa shape index (κ1) is 17.7. The van der Waals surface area contributed by atoms with Gasteiger partial charge in [0, 0.05) is 11.6 Å². The van der Waals surface area contributed by atoms with Crippen molar-refractivity contribution in [2.24, 2.45) is 0 Å². The predicted octanol–water partition coefficient (Wildman–Crippen LogP) is 0.953. The summed E-state index contributed by atoms with van der Waals surface area (Å²) in [6.07, 6.45) is 0. The highest BCUT2D eigenvalue weighted by Crippen LogP contribution is 2.29. The van der Waals surface area contributed by atoms with Crippen molar-refractivity contribution in [3.05, 3.63) is 34.9 Å². The molecule has 1 saturated heterocycles. The number of amides is 6. The van der Waals surface area contributed by atoms with E-state index in [0.29, 0.717) is 17.1 Å².